The highest BCUT2D eigenvalue weighted by atomic mass is 16.2. The Morgan fingerprint density at radius 3 is 2.71 bits per heavy atom. The van der Waals surface area contributed by atoms with E-state index in [9.17, 15) is 4.79 Å². The number of aryl methyl sites for hydroxylation is 2. The normalized spacial score (nSPS) is 11.7. The third-order valence-corrected chi connectivity index (χ3v) is 2.70. The van der Waals surface area contributed by atoms with Gasteiger partial charge in [0.15, 0.2) is 0 Å². The second-order valence-electron chi connectivity index (χ2n) is 4.20. The Labute approximate surface area is 103 Å². The van der Waals surface area contributed by atoms with Crippen LogP contribution >= 0.6 is 0 Å². The second-order valence-corrected chi connectivity index (χ2v) is 4.20. The van der Waals surface area contributed by atoms with Crippen LogP contribution in [-0.4, -0.2) is 19.0 Å². The lowest BCUT2D eigenvalue weighted by Crippen LogP contribution is -2.41. The highest BCUT2D eigenvalue weighted by Crippen LogP contribution is 2.20. The molecule has 1 unspecified atom stereocenters. The summed E-state index contributed by atoms with van der Waals surface area (Å²) in [4.78, 5) is 13.5. The van der Waals surface area contributed by atoms with Crippen molar-refractivity contribution in [3.63, 3.8) is 0 Å². The fraction of sp³-hybridized carbons (Fsp3) is 0.357. The molecule has 0 fully saturated rings. The van der Waals surface area contributed by atoms with Gasteiger partial charge in [0.1, 0.15) is 0 Å². The quantitative estimate of drug-likeness (QED) is 0.802. The molecule has 0 saturated carbocycles. The van der Waals surface area contributed by atoms with Crippen LogP contribution in [0.5, 0.6) is 0 Å². The number of nitrogens with two attached hydrogens (primary N) is 1. The molecule has 0 aromatic heterocycles. The first-order valence-electron chi connectivity index (χ1n) is 5.51. The van der Waals surface area contributed by atoms with Crippen molar-refractivity contribution in [2.24, 2.45) is 5.73 Å². The van der Waals surface area contributed by atoms with Gasteiger partial charge in [-0.1, -0.05) is 17.7 Å². The van der Waals surface area contributed by atoms with E-state index in [1.165, 1.54) is 5.56 Å². The SMILES string of the molecule is C#CCC(N)C(=O)N(C)c1ccc(C)cc1C. The molecule has 2 N–H and O–H groups in total. The standard InChI is InChI=1S/C14H18N2O/c1-5-6-12(15)14(17)16(4)13-8-7-10(2)9-11(13)3/h1,7-9,12H,6,15H2,2-4H3. The molecule has 0 aliphatic heterocycles. The summed E-state index contributed by atoms with van der Waals surface area (Å²) in [5, 5.41) is 0. The lowest BCUT2D eigenvalue weighted by molar-refractivity contribution is -0.119. The Morgan fingerprint density at radius 2 is 2.18 bits per heavy atom. The first-order valence-corrected chi connectivity index (χ1v) is 5.51. The zero-order valence-electron chi connectivity index (χ0n) is 10.5. The number of rotatable bonds is 3. The van der Waals surface area contributed by atoms with Crippen LogP contribution in [0, 0.1) is 26.2 Å². The molecule has 90 valence electrons. The summed E-state index contributed by atoms with van der Waals surface area (Å²) in [5.74, 6) is 2.25. The molecule has 3 heteroatoms. The van der Waals surface area contributed by atoms with Crippen molar-refractivity contribution in [3.05, 3.63) is 29.3 Å². The summed E-state index contributed by atoms with van der Waals surface area (Å²) < 4.78 is 0. The fourth-order valence-electron chi connectivity index (χ4n) is 1.76. The maximum atomic E-state index is 12.0. The molecular formula is C14H18N2O. The van der Waals surface area contributed by atoms with E-state index in [0.717, 1.165) is 11.3 Å². The van der Waals surface area contributed by atoms with Crippen LogP contribution in [0.1, 0.15) is 17.5 Å². The Bertz CT molecular complexity index is 460. The molecule has 0 spiro atoms. The van der Waals surface area contributed by atoms with Crippen LogP contribution in [0.3, 0.4) is 0 Å². The van der Waals surface area contributed by atoms with Crippen molar-refractivity contribution in [2.75, 3.05) is 11.9 Å². The highest BCUT2D eigenvalue weighted by molar-refractivity contribution is 5.97. The van der Waals surface area contributed by atoms with Gasteiger partial charge in [0.05, 0.1) is 6.04 Å². The van der Waals surface area contributed by atoms with Crippen molar-refractivity contribution >= 4 is 11.6 Å². The topological polar surface area (TPSA) is 46.3 Å². The number of anilines is 1. The van der Waals surface area contributed by atoms with Crippen LogP contribution in [-0.2, 0) is 4.79 Å². The second kappa shape index (κ2) is 5.51. The number of carbonyl (C=O) groups is 1. The average Bonchev–Trinajstić information content (AvgIpc) is 2.27. The summed E-state index contributed by atoms with van der Waals surface area (Å²) in [7, 11) is 1.72. The molecular weight excluding hydrogens is 212 g/mol. The summed E-state index contributed by atoms with van der Waals surface area (Å²) in [5.41, 5.74) is 8.80. The van der Waals surface area contributed by atoms with Gasteiger partial charge in [0, 0.05) is 19.2 Å². The third kappa shape index (κ3) is 3.08. The van der Waals surface area contributed by atoms with Crippen LogP contribution in [0.4, 0.5) is 5.69 Å². The number of benzene rings is 1. The van der Waals surface area contributed by atoms with E-state index in [1.54, 1.807) is 11.9 Å². The van der Waals surface area contributed by atoms with Gasteiger partial charge in [0.25, 0.3) is 0 Å². The van der Waals surface area contributed by atoms with Crippen molar-refractivity contribution in [1.82, 2.24) is 0 Å². The van der Waals surface area contributed by atoms with E-state index in [0.29, 0.717) is 0 Å². The summed E-state index contributed by atoms with van der Waals surface area (Å²) in [6.45, 7) is 3.99. The number of carbonyl (C=O) groups excluding carboxylic acids is 1. The van der Waals surface area contributed by atoms with E-state index in [2.05, 4.69) is 5.92 Å². The zero-order chi connectivity index (χ0) is 13.0. The summed E-state index contributed by atoms with van der Waals surface area (Å²) in [6.07, 6.45) is 5.41. The van der Waals surface area contributed by atoms with E-state index < -0.39 is 6.04 Å². The Morgan fingerprint density at radius 1 is 1.53 bits per heavy atom. The number of hydrogen-bond acceptors (Lipinski definition) is 2. The van der Waals surface area contributed by atoms with Gasteiger partial charge < -0.3 is 10.6 Å². The Balaban J connectivity index is 2.93. The van der Waals surface area contributed by atoms with Gasteiger partial charge in [0.2, 0.25) is 5.91 Å². The number of likely N-dealkylation sites (N-methyl/N-ethyl adjacent to an activating group) is 1. The van der Waals surface area contributed by atoms with Gasteiger partial charge >= 0.3 is 0 Å². The zero-order valence-corrected chi connectivity index (χ0v) is 10.5. The number of terminal acetylenes is 1. The van der Waals surface area contributed by atoms with E-state index in [4.69, 9.17) is 12.2 Å². The predicted octanol–water partition coefficient (Wildman–Crippen LogP) is 1.62. The smallest absolute Gasteiger partial charge is 0.244 e. The van der Waals surface area contributed by atoms with Gasteiger partial charge in [-0.3, -0.25) is 4.79 Å². The average molecular weight is 230 g/mol. The monoisotopic (exact) mass is 230 g/mol. The Hall–Kier alpha value is -1.79. The van der Waals surface area contributed by atoms with Crippen molar-refractivity contribution in [2.45, 2.75) is 26.3 Å². The third-order valence-electron chi connectivity index (χ3n) is 2.70. The van der Waals surface area contributed by atoms with Crippen molar-refractivity contribution < 1.29 is 4.79 Å². The molecule has 1 aromatic carbocycles. The molecule has 1 aromatic rings. The van der Waals surface area contributed by atoms with Gasteiger partial charge in [-0.05, 0) is 25.5 Å². The summed E-state index contributed by atoms with van der Waals surface area (Å²) >= 11 is 0. The minimum atomic E-state index is -0.634. The van der Waals surface area contributed by atoms with Crippen LogP contribution in [0.25, 0.3) is 0 Å². The van der Waals surface area contributed by atoms with Gasteiger partial charge in [-0.25, -0.2) is 0 Å². The molecule has 1 amide bonds. The molecule has 0 aliphatic rings. The Kier molecular flexibility index (Phi) is 4.30. The van der Waals surface area contributed by atoms with E-state index >= 15 is 0 Å². The molecule has 0 saturated heterocycles. The number of nitrogens with zero attached hydrogens (tertiary/aromatic N) is 1. The maximum Gasteiger partial charge on any atom is 0.244 e. The lowest BCUT2D eigenvalue weighted by atomic mass is 10.1. The van der Waals surface area contributed by atoms with Crippen LogP contribution < -0.4 is 10.6 Å². The van der Waals surface area contributed by atoms with E-state index in [-0.39, 0.29) is 12.3 Å². The molecule has 0 aliphatic carbocycles. The fourth-order valence-corrected chi connectivity index (χ4v) is 1.76. The van der Waals surface area contributed by atoms with Crippen LogP contribution in [0.2, 0.25) is 0 Å². The molecule has 1 rings (SSSR count). The van der Waals surface area contributed by atoms with Gasteiger partial charge in [-0.15, -0.1) is 12.3 Å². The largest absolute Gasteiger partial charge is 0.319 e. The molecule has 0 bridgehead atoms. The first kappa shape index (κ1) is 13.3. The van der Waals surface area contributed by atoms with Crippen molar-refractivity contribution in [3.8, 4) is 12.3 Å². The van der Waals surface area contributed by atoms with Crippen molar-refractivity contribution in [1.29, 1.82) is 0 Å². The van der Waals surface area contributed by atoms with Crippen LogP contribution in [0.15, 0.2) is 18.2 Å². The minimum Gasteiger partial charge on any atom is -0.319 e. The molecule has 0 radical (unpaired) electrons. The molecule has 3 nitrogen and oxygen atoms in total. The molecule has 0 heterocycles. The predicted molar refractivity (Wildman–Crippen MR) is 70.8 cm³/mol. The highest BCUT2D eigenvalue weighted by Gasteiger charge is 2.19. The van der Waals surface area contributed by atoms with E-state index in [1.807, 2.05) is 32.0 Å². The molecule has 1 atom stereocenters. The molecule has 17 heavy (non-hydrogen) atoms. The maximum absolute atomic E-state index is 12.0. The summed E-state index contributed by atoms with van der Waals surface area (Å²) in [6, 6.07) is 5.29. The number of hydrogen-bond donors (Lipinski definition) is 1. The minimum absolute atomic E-state index is 0.157. The first-order chi connectivity index (χ1) is 7.97. The van der Waals surface area contributed by atoms with Gasteiger partial charge in [-0.2, -0.15) is 0 Å². The lowest BCUT2D eigenvalue weighted by Gasteiger charge is -2.22. The number of amides is 1.